The molecule has 24 heavy (non-hydrogen) atoms. The van der Waals surface area contributed by atoms with Gasteiger partial charge in [0.05, 0.1) is 16.1 Å². The average molecular weight is 397 g/mol. The monoisotopic (exact) mass is 396 g/mol. The van der Waals surface area contributed by atoms with E-state index in [-0.39, 0.29) is 0 Å². The molecule has 0 fully saturated rings. The molecule has 4 aromatic rings. The Morgan fingerprint density at radius 3 is 2.71 bits per heavy atom. The minimum Gasteiger partial charge on any atom is -0.381 e. The molecule has 0 saturated carbocycles. The SMILES string of the molecule is Cc1ccc(-c2nc(N)c(Br)nc2-c2ccc3ncccc3c2)s1. The second-order valence-corrected chi connectivity index (χ2v) is 7.46. The van der Waals surface area contributed by atoms with Crippen molar-refractivity contribution in [3.63, 3.8) is 0 Å². The van der Waals surface area contributed by atoms with Crippen molar-refractivity contribution in [3.8, 4) is 21.8 Å². The van der Waals surface area contributed by atoms with Gasteiger partial charge >= 0.3 is 0 Å². The number of hydrogen-bond acceptors (Lipinski definition) is 5. The number of rotatable bonds is 2. The van der Waals surface area contributed by atoms with Crippen LogP contribution in [0.15, 0.2) is 53.3 Å². The van der Waals surface area contributed by atoms with Gasteiger partial charge in [0.15, 0.2) is 5.82 Å². The predicted molar refractivity (Wildman–Crippen MR) is 103 cm³/mol. The number of thiophene rings is 1. The number of nitrogen functional groups attached to an aromatic ring is 1. The molecule has 0 unspecified atom stereocenters. The van der Waals surface area contributed by atoms with Crippen LogP contribution in [-0.2, 0) is 0 Å². The van der Waals surface area contributed by atoms with Crippen LogP contribution in [0.5, 0.6) is 0 Å². The van der Waals surface area contributed by atoms with Crippen LogP contribution in [0.3, 0.4) is 0 Å². The lowest BCUT2D eigenvalue weighted by Crippen LogP contribution is -1.99. The number of fused-ring (bicyclic) bond motifs is 1. The van der Waals surface area contributed by atoms with E-state index in [9.17, 15) is 0 Å². The van der Waals surface area contributed by atoms with E-state index in [1.807, 2.05) is 24.3 Å². The van der Waals surface area contributed by atoms with Gasteiger partial charge in [0, 0.05) is 22.0 Å². The third kappa shape index (κ3) is 2.68. The zero-order valence-electron chi connectivity index (χ0n) is 12.8. The number of anilines is 1. The first kappa shape index (κ1) is 15.2. The molecular formula is C18H13BrN4S. The zero-order chi connectivity index (χ0) is 16.7. The molecule has 1 aromatic carbocycles. The van der Waals surface area contributed by atoms with Crippen molar-refractivity contribution in [2.75, 3.05) is 5.73 Å². The van der Waals surface area contributed by atoms with E-state index < -0.39 is 0 Å². The van der Waals surface area contributed by atoms with Gasteiger partial charge in [0.1, 0.15) is 10.3 Å². The highest BCUT2D eigenvalue weighted by atomic mass is 79.9. The lowest BCUT2D eigenvalue weighted by molar-refractivity contribution is 1.19. The molecule has 0 spiro atoms. The molecule has 3 aromatic heterocycles. The first-order chi connectivity index (χ1) is 11.6. The topological polar surface area (TPSA) is 64.7 Å². The lowest BCUT2D eigenvalue weighted by Gasteiger charge is -2.10. The highest BCUT2D eigenvalue weighted by molar-refractivity contribution is 9.10. The number of aromatic nitrogens is 3. The number of benzene rings is 1. The Hall–Kier alpha value is -2.31. The number of nitrogens with zero attached hydrogens (tertiary/aromatic N) is 3. The third-order valence-corrected chi connectivity index (χ3v) is 5.32. The fourth-order valence-electron chi connectivity index (χ4n) is 2.59. The summed E-state index contributed by atoms with van der Waals surface area (Å²) < 4.78 is 0.556. The van der Waals surface area contributed by atoms with Crippen LogP contribution in [0.4, 0.5) is 5.82 Å². The number of halogens is 1. The van der Waals surface area contributed by atoms with E-state index in [2.05, 4.69) is 56.0 Å². The maximum Gasteiger partial charge on any atom is 0.157 e. The van der Waals surface area contributed by atoms with Crippen molar-refractivity contribution in [1.82, 2.24) is 15.0 Å². The first-order valence-electron chi connectivity index (χ1n) is 7.37. The predicted octanol–water partition coefficient (Wildman–Crippen LogP) is 5.07. The van der Waals surface area contributed by atoms with Crippen LogP contribution < -0.4 is 5.73 Å². The molecule has 0 bridgehead atoms. The van der Waals surface area contributed by atoms with E-state index >= 15 is 0 Å². The van der Waals surface area contributed by atoms with Crippen LogP contribution in [0.1, 0.15) is 4.88 Å². The van der Waals surface area contributed by atoms with E-state index in [1.54, 1.807) is 17.5 Å². The molecule has 0 aliphatic heterocycles. The molecule has 0 saturated heterocycles. The first-order valence-corrected chi connectivity index (χ1v) is 8.98. The molecule has 0 amide bonds. The summed E-state index contributed by atoms with van der Waals surface area (Å²) in [5, 5.41) is 1.07. The molecule has 0 atom stereocenters. The fraction of sp³-hybridized carbons (Fsp3) is 0.0556. The van der Waals surface area contributed by atoms with Gasteiger partial charge in [-0.25, -0.2) is 9.97 Å². The molecule has 0 aliphatic rings. The summed E-state index contributed by atoms with van der Waals surface area (Å²) in [7, 11) is 0. The van der Waals surface area contributed by atoms with Gasteiger partial charge in [0.2, 0.25) is 0 Å². The molecule has 0 radical (unpaired) electrons. The summed E-state index contributed by atoms with van der Waals surface area (Å²) in [6.45, 7) is 2.07. The summed E-state index contributed by atoms with van der Waals surface area (Å²) in [4.78, 5) is 15.9. The van der Waals surface area contributed by atoms with Crippen LogP contribution in [0.25, 0.3) is 32.7 Å². The Bertz CT molecular complexity index is 1060. The van der Waals surface area contributed by atoms with Gasteiger partial charge in [-0.3, -0.25) is 4.98 Å². The largest absolute Gasteiger partial charge is 0.381 e. The number of aryl methyl sites for hydroxylation is 1. The van der Waals surface area contributed by atoms with Crippen molar-refractivity contribution in [2.45, 2.75) is 6.92 Å². The Morgan fingerprint density at radius 1 is 1.04 bits per heavy atom. The number of nitrogens with two attached hydrogens (primary N) is 1. The Balaban J connectivity index is 1.97. The van der Waals surface area contributed by atoms with Gasteiger partial charge < -0.3 is 5.73 Å². The van der Waals surface area contributed by atoms with Crippen molar-refractivity contribution in [3.05, 3.63) is 58.1 Å². The van der Waals surface area contributed by atoms with Crippen molar-refractivity contribution in [1.29, 1.82) is 0 Å². The fourth-order valence-corrected chi connectivity index (χ4v) is 3.71. The highest BCUT2D eigenvalue weighted by Gasteiger charge is 2.16. The van der Waals surface area contributed by atoms with Crippen LogP contribution >= 0.6 is 27.3 Å². The maximum atomic E-state index is 5.98. The summed E-state index contributed by atoms with van der Waals surface area (Å²) in [6.07, 6.45) is 1.79. The minimum absolute atomic E-state index is 0.391. The number of hydrogen-bond donors (Lipinski definition) is 1. The van der Waals surface area contributed by atoms with Gasteiger partial charge in [-0.2, -0.15) is 0 Å². The lowest BCUT2D eigenvalue weighted by atomic mass is 10.1. The van der Waals surface area contributed by atoms with Crippen LogP contribution in [-0.4, -0.2) is 15.0 Å². The molecule has 0 aliphatic carbocycles. The van der Waals surface area contributed by atoms with Crippen molar-refractivity contribution in [2.24, 2.45) is 0 Å². The second kappa shape index (κ2) is 5.96. The van der Waals surface area contributed by atoms with Gasteiger partial charge in [0.25, 0.3) is 0 Å². The van der Waals surface area contributed by atoms with Gasteiger partial charge in [-0.1, -0.05) is 12.1 Å². The van der Waals surface area contributed by atoms with Crippen LogP contribution in [0, 0.1) is 6.92 Å². The molecule has 6 heteroatoms. The summed E-state index contributed by atoms with van der Waals surface area (Å²) in [5.41, 5.74) is 9.53. The molecule has 3 heterocycles. The van der Waals surface area contributed by atoms with E-state index in [0.29, 0.717) is 10.4 Å². The van der Waals surface area contributed by atoms with Crippen molar-refractivity contribution >= 4 is 44.0 Å². The van der Waals surface area contributed by atoms with E-state index in [0.717, 1.165) is 32.7 Å². The highest BCUT2D eigenvalue weighted by Crippen LogP contribution is 2.36. The average Bonchev–Trinajstić information content (AvgIpc) is 3.03. The second-order valence-electron chi connectivity index (χ2n) is 5.42. The number of pyridine rings is 1. The normalized spacial score (nSPS) is 11.1. The minimum atomic E-state index is 0.391. The summed E-state index contributed by atoms with van der Waals surface area (Å²) in [5.74, 6) is 0.391. The Kier molecular flexibility index (Phi) is 3.78. The smallest absolute Gasteiger partial charge is 0.157 e. The molecular weight excluding hydrogens is 384 g/mol. The molecule has 4 rings (SSSR count). The standard InChI is InChI=1S/C18H13BrN4S/c1-10-4-7-14(24-10)16-15(22-17(19)18(20)23-16)12-5-6-13-11(9-12)3-2-8-21-13/h2-9H,1H3,(H2,20,23). The van der Waals surface area contributed by atoms with Crippen molar-refractivity contribution < 1.29 is 0 Å². The zero-order valence-corrected chi connectivity index (χ0v) is 15.2. The molecule has 4 nitrogen and oxygen atoms in total. The molecule has 118 valence electrons. The van der Waals surface area contributed by atoms with E-state index in [1.165, 1.54) is 4.88 Å². The quantitative estimate of drug-likeness (QED) is 0.513. The Morgan fingerprint density at radius 2 is 1.92 bits per heavy atom. The van der Waals surface area contributed by atoms with Crippen LogP contribution in [0.2, 0.25) is 0 Å². The van der Waals surface area contributed by atoms with Gasteiger partial charge in [-0.05, 0) is 53.2 Å². The third-order valence-electron chi connectivity index (χ3n) is 3.73. The van der Waals surface area contributed by atoms with E-state index in [4.69, 9.17) is 5.73 Å². The summed E-state index contributed by atoms with van der Waals surface area (Å²) in [6, 6.07) is 14.2. The van der Waals surface area contributed by atoms with Gasteiger partial charge in [-0.15, -0.1) is 11.3 Å². The summed E-state index contributed by atoms with van der Waals surface area (Å²) >= 11 is 5.08. The molecule has 2 N–H and O–H groups in total. The maximum absolute atomic E-state index is 5.98. The Labute approximate surface area is 151 Å².